The number of hydrogen-bond acceptors (Lipinski definition) is 5. The summed E-state index contributed by atoms with van der Waals surface area (Å²) in [7, 11) is 0. The van der Waals surface area contributed by atoms with Crippen LogP contribution in [0.2, 0.25) is 0 Å². The van der Waals surface area contributed by atoms with E-state index in [1.165, 1.54) is 0 Å². The quantitative estimate of drug-likeness (QED) is 0.517. The highest BCUT2D eigenvalue weighted by Crippen LogP contribution is 2.23. The summed E-state index contributed by atoms with van der Waals surface area (Å²) in [6.07, 6.45) is 4.16. The molecule has 0 unspecified atom stereocenters. The fourth-order valence-corrected chi connectivity index (χ4v) is 3.05. The maximum absolute atomic E-state index is 12.6. The molecule has 2 aromatic heterocycles. The molecule has 142 valence electrons. The zero-order valence-corrected chi connectivity index (χ0v) is 15.8. The van der Waals surface area contributed by atoms with Gasteiger partial charge in [-0.2, -0.15) is 0 Å². The highest BCUT2D eigenvalue weighted by Gasteiger charge is 2.08. The first kappa shape index (κ1) is 18.0. The van der Waals surface area contributed by atoms with E-state index in [-0.39, 0.29) is 5.43 Å². The number of rotatable bonds is 7. The van der Waals surface area contributed by atoms with Crippen LogP contribution in [0.1, 0.15) is 25.5 Å². The molecular formula is C22H22N4O2. The summed E-state index contributed by atoms with van der Waals surface area (Å²) in [4.78, 5) is 12.6. The monoisotopic (exact) mass is 374 g/mol. The largest absolute Gasteiger partial charge is 0.456 e. The predicted octanol–water partition coefficient (Wildman–Crippen LogP) is 4.46. The molecule has 2 heterocycles. The fraction of sp³-hybridized carbons (Fsp3) is 0.227. The van der Waals surface area contributed by atoms with Crippen LogP contribution in [0.5, 0.6) is 0 Å². The van der Waals surface area contributed by atoms with Crippen LogP contribution in [0, 0.1) is 0 Å². The molecule has 1 N–H and O–H groups in total. The molecule has 0 radical (unpaired) electrons. The Morgan fingerprint density at radius 3 is 2.79 bits per heavy atom. The van der Waals surface area contributed by atoms with Gasteiger partial charge in [-0.3, -0.25) is 9.48 Å². The second-order valence-corrected chi connectivity index (χ2v) is 6.73. The zero-order valence-electron chi connectivity index (χ0n) is 15.8. The lowest BCUT2D eigenvalue weighted by Gasteiger charge is -2.07. The maximum atomic E-state index is 12.6. The number of unbranched alkanes of at least 4 members (excludes halogenated alkanes) is 1. The molecule has 0 aliphatic carbocycles. The SMILES string of the molecule is CCCCn1cc(CNc2ccc3oc(-c4ccccc4)cc(=O)c3c2)nn1. The molecular weight excluding hydrogens is 352 g/mol. The van der Waals surface area contributed by atoms with E-state index in [2.05, 4.69) is 22.6 Å². The second-order valence-electron chi connectivity index (χ2n) is 6.73. The number of aromatic nitrogens is 3. The van der Waals surface area contributed by atoms with Gasteiger partial charge in [0, 0.05) is 23.9 Å². The van der Waals surface area contributed by atoms with Gasteiger partial charge in [0.25, 0.3) is 0 Å². The van der Waals surface area contributed by atoms with Gasteiger partial charge in [0.1, 0.15) is 17.0 Å². The Morgan fingerprint density at radius 1 is 1.11 bits per heavy atom. The Morgan fingerprint density at radius 2 is 1.96 bits per heavy atom. The molecule has 6 heteroatoms. The van der Waals surface area contributed by atoms with Crippen molar-refractivity contribution in [3.63, 3.8) is 0 Å². The molecule has 0 atom stereocenters. The minimum absolute atomic E-state index is 0.0609. The van der Waals surface area contributed by atoms with E-state index in [1.54, 1.807) is 6.07 Å². The summed E-state index contributed by atoms with van der Waals surface area (Å²) < 4.78 is 7.80. The van der Waals surface area contributed by atoms with Crippen molar-refractivity contribution in [2.45, 2.75) is 32.9 Å². The van der Waals surface area contributed by atoms with Gasteiger partial charge in [-0.05, 0) is 24.6 Å². The second kappa shape index (κ2) is 8.08. The minimum Gasteiger partial charge on any atom is -0.456 e. The molecule has 28 heavy (non-hydrogen) atoms. The van der Waals surface area contributed by atoms with Crippen LogP contribution in [-0.4, -0.2) is 15.0 Å². The van der Waals surface area contributed by atoms with Crippen LogP contribution in [0.3, 0.4) is 0 Å². The lowest BCUT2D eigenvalue weighted by Crippen LogP contribution is -2.03. The van der Waals surface area contributed by atoms with Crippen LogP contribution < -0.4 is 10.7 Å². The summed E-state index contributed by atoms with van der Waals surface area (Å²) in [5.41, 5.74) is 3.10. The summed E-state index contributed by atoms with van der Waals surface area (Å²) >= 11 is 0. The van der Waals surface area contributed by atoms with E-state index in [0.29, 0.717) is 23.3 Å². The van der Waals surface area contributed by atoms with Gasteiger partial charge < -0.3 is 9.73 Å². The minimum atomic E-state index is -0.0609. The van der Waals surface area contributed by atoms with Crippen molar-refractivity contribution in [3.05, 3.63) is 76.7 Å². The Kier molecular flexibility index (Phi) is 5.19. The molecule has 0 amide bonds. The summed E-state index contributed by atoms with van der Waals surface area (Å²) in [5.74, 6) is 0.572. The number of hydrogen-bond donors (Lipinski definition) is 1. The first-order valence-corrected chi connectivity index (χ1v) is 9.49. The molecule has 4 rings (SSSR count). The van der Waals surface area contributed by atoms with E-state index in [1.807, 2.05) is 59.4 Å². The topological polar surface area (TPSA) is 73.0 Å². The smallest absolute Gasteiger partial charge is 0.193 e. The van der Waals surface area contributed by atoms with Crippen molar-refractivity contribution in [1.29, 1.82) is 0 Å². The Hall–Kier alpha value is -3.41. The van der Waals surface area contributed by atoms with Crippen LogP contribution in [0.25, 0.3) is 22.3 Å². The van der Waals surface area contributed by atoms with Crippen LogP contribution in [-0.2, 0) is 13.1 Å². The highest BCUT2D eigenvalue weighted by atomic mass is 16.3. The van der Waals surface area contributed by atoms with E-state index in [4.69, 9.17) is 4.42 Å². The predicted molar refractivity (Wildman–Crippen MR) is 110 cm³/mol. The van der Waals surface area contributed by atoms with Crippen molar-refractivity contribution in [1.82, 2.24) is 15.0 Å². The third kappa shape index (κ3) is 3.96. The van der Waals surface area contributed by atoms with E-state index in [9.17, 15) is 4.79 Å². The zero-order chi connectivity index (χ0) is 19.3. The molecule has 0 fully saturated rings. The lowest BCUT2D eigenvalue weighted by atomic mass is 10.1. The van der Waals surface area contributed by atoms with Crippen molar-refractivity contribution < 1.29 is 4.42 Å². The molecule has 0 bridgehead atoms. The van der Waals surface area contributed by atoms with Gasteiger partial charge in [-0.15, -0.1) is 5.10 Å². The molecule has 0 saturated carbocycles. The molecule has 0 saturated heterocycles. The van der Waals surface area contributed by atoms with Gasteiger partial charge in [-0.25, -0.2) is 0 Å². The number of fused-ring (bicyclic) bond motifs is 1. The fourth-order valence-electron chi connectivity index (χ4n) is 3.05. The van der Waals surface area contributed by atoms with Crippen molar-refractivity contribution >= 4 is 16.7 Å². The number of aryl methyl sites for hydroxylation is 1. The van der Waals surface area contributed by atoms with Crippen LogP contribution in [0.15, 0.2) is 70.0 Å². The van der Waals surface area contributed by atoms with E-state index in [0.717, 1.165) is 36.3 Å². The van der Waals surface area contributed by atoms with Crippen LogP contribution in [0.4, 0.5) is 5.69 Å². The first-order valence-electron chi connectivity index (χ1n) is 9.49. The van der Waals surface area contributed by atoms with Crippen LogP contribution >= 0.6 is 0 Å². The van der Waals surface area contributed by atoms with Gasteiger partial charge in [0.05, 0.1) is 18.1 Å². The van der Waals surface area contributed by atoms with Gasteiger partial charge in [0.2, 0.25) is 0 Å². The maximum Gasteiger partial charge on any atom is 0.193 e. The van der Waals surface area contributed by atoms with E-state index < -0.39 is 0 Å². The Labute approximate surface area is 162 Å². The van der Waals surface area contributed by atoms with Gasteiger partial charge >= 0.3 is 0 Å². The summed E-state index contributed by atoms with van der Waals surface area (Å²) in [6.45, 7) is 3.58. The normalized spacial score (nSPS) is 11.0. The Bertz CT molecular complexity index is 1130. The van der Waals surface area contributed by atoms with Crippen molar-refractivity contribution in [3.8, 4) is 11.3 Å². The number of nitrogens with one attached hydrogen (secondary N) is 1. The van der Waals surface area contributed by atoms with Gasteiger partial charge in [-0.1, -0.05) is 48.9 Å². The lowest BCUT2D eigenvalue weighted by molar-refractivity contribution is 0.553. The van der Waals surface area contributed by atoms with E-state index >= 15 is 0 Å². The summed E-state index contributed by atoms with van der Waals surface area (Å²) in [5, 5.41) is 12.2. The Balaban J connectivity index is 1.52. The first-order chi connectivity index (χ1) is 13.7. The highest BCUT2D eigenvalue weighted by molar-refractivity contribution is 5.82. The summed E-state index contributed by atoms with van der Waals surface area (Å²) in [6, 6.07) is 16.7. The average molecular weight is 374 g/mol. The molecule has 4 aromatic rings. The molecule has 0 spiro atoms. The average Bonchev–Trinajstić information content (AvgIpc) is 3.19. The molecule has 0 aliphatic heterocycles. The number of nitrogens with zero attached hydrogens (tertiary/aromatic N) is 3. The third-order valence-electron chi connectivity index (χ3n) is 4.59. The number of anilines is 1. The van der Waals surface area contributed by atoms with Gasteiger partial charge in [0.15, 0.2) is 5.43 Å². The third-order valence-corrected chi connectivity index (χ3v) is 4.59. The van der Waals surface area contributed by atoms with Crippen molar-refractivity contribution in [2.75, 3.05) is 5.32 Å². The molecule has 2 aromatic carbocycles. The van der Waals surface area contributed by atoms with Crippen molar-refractivity contribution in [2.24, 2.45) is 0 Å². The molecule has 0 aliphatic rings. The standard InChI is InChI=1S/C22H22N4O2/c1-2-3-11-26-15-18(24-25-26)14-23-17-9-10-21-19(12-17)20(27)13-22(28-21)16-7-5-4-6-8-16/h4-10,12-13,15,23H,2-3,11,14H2,1H3. The molecule has 6 nitrogen and oxygen atoms in total. The number of benzene rings is 2.